The highest BCUT2D eigenvalue weighted by molar-refractivity contribution is 9.10. The van der Waals surface area contributed by atoms with Gasteiger partial charge in [0.15, 0.2) is 0 Å². The minimum Gasteiger partial charge on any atom is -0.398 e. The molecule has 0 bridgehead atoms. The van der Waals surface area contributed by atoms with Crippen LogP contribution in [0, 0.1) is 12.3 Å². The molecule has 1 aromatic carbocycles. The van der Waals surface area contributed by atoms with Gasteiger partial charge in [-0.05, 0) is 18.2 Å². The molecule has 0 unspecified atom stereocenters. The number of hydrogen-bond acceptors (Lipinski definition) is 1. The minimum atomic E-state index is 0.636. The topological polar surface area (TPSA) is 26.0 Å². The molecule has 1 rings (SSSR count). The number of nitrogen functional groups attached to an aromatic ring is 1. The van der Waals surface area contributed by atoms with Crippen LogP contribution >= 0.6 is 15.9 Å². The zero-order chi connectivity index (χ0) is 7.56. The van der Waals surface area contributed by atoms with E-state index in [-0.39, 0.29) is 0 Å². The zero-order valence-electron chi connectivity index (χ0n) is 5.26. The Labute approximate surface area is 68.4 Å². The summed E-state index contributed by atoms with van der Waals surface area (Å²) >= 11 is 3.28. The van der Waals surface area contributed by atoms with E-state index < -0.39 is 0 Å². The Hall–Kier alpha value is -0.940. The van der Waals surface area contributed by atoms with E-state index in [9.17, 15) is 0 Å². The second-order valence-corrected chi connectivity index (χ2v) is 2.79. The summed E-state index contributed by atoms with van der Waals surface area (Å²) in [5, 5.41) is 0. The smallest absolute Gasteiger partial charge is 0.0484 e. The maximum absolute atomic E-state index is 5.56. The first-order chi connectivity index (χ1) is 4.74. The Morgan fingerprint density at radius 3 is 2.70 bits per heavy atom. The van der Waals surface area contributed by atoms with Crippen LogP contribution in [0.3, 0.4) is 0 Å². The summed E-state index contributed by atoms with van der Waals surface area (Å²) in [5.74, 6) is 2.48. The summed E-state index contributed by atoms with van der Waals surface area (Å²) in [4.78, 5) is 0. The normalized spacial score (nSPS) is 8.80. The quantitative estimate of drug-likeness (QED) is 0.498. The lowest BCUT2D eigenvalue weighted by Gasteiger charge is -1.96. The van der Waals surface area contributed by atoms with E-state index in [2.05, 4.69) is 21.9 Å². The van der Waals surface area contributed by atoms with Crippen molar-refractivity contribution >= 4 is 21.6 Å². The molecule has 1 nitrogen and oxygen atoms in total. The molecule has 0 aromatic heterocycles. The van der Waals surface area contributed by atoms with Crippen molar-refractivity contribution in [1.82, 2.24) is 0 Å². The molecule has 0 fully saturated rings. The van der Waals surface area contributed by atoms with Crippen LogP contribution in [0.2, 0.25) is 0 Å². The molecule has 2 N–H and O–H groups in total. The monoisotopic (exact) mass is 195 g/mol. The Morgan fingerprint density at radius 1 is 1.50 bits per heavy atom. The average Bonchev–Trinajstić information content (AvgIpc) is 1.88. The van der Waals surface area contributed by atoms with E-state index in [1.54, 1.807) is 12.1 Å². The number of nitrogens with two attached hydrogens (primary N) is 1. The molecular weight excluding hydrogens is 190 g/mol. The van der Waals surface area contributed by atoms with Crippen LogP contribution in [0.1, 0.15) is 5.56 Å². The highest BCUT2D eigenvalue weighted by Crippen LogP contribution is 2.16. The number of rotatable bonds is 0. The molecule has 0 saturated heterocycles. The van der Waals surface area contributed by atoms with Crippen LogP contribution in [0.4, 0.5) is 5.69 Å². The first-order valence-electron chi connectivity index (χ1n) is 2.75. The van der Waals surface area contributed by atoms with Gasteiger partial charge in [0, 0.05) is 15.7 Å². The number of terminal acetylenes is 1. The van der Waals surface area contributed by atoms with Crippen molar-refractivity contribution in [3.05, 3.63) is 28.2 Å². The summed E-state index contributed by atoms with van der Waals surface area (Å²) in [6.07, 6.45) is 5.16. The van der Waals surface area contributed by atoms with Gasteiger partial charge in [0.05, 0.1) is 0 Å². The van der Waals surface area contributed by atoms with Crippen LogP contribution in [0.5, 0.6) is 0 Å². The molecule has 50 valence electrons. The molecule has 2 heteroatoms. The van der Waals surface area contributed by atoms with Gasteiger partial charge in [-0.1, -0.05) is 21.9 Å². The second kappa shape index (κ2) is 2.76. The predicted molar refractivity (Wildman–Crippen MR) is 46.5 cm³/mol. The summed E-state index contributed by atoms with van der Waals surface area (Å²) in [7, 11) is 0. The fraction of sp³-hybridized carbons (Fsp3) is 0. The molecule has 0 saturated carbocycles. The average molecular weight is 196 g/mol. The molecule has 0 heterocycles. The van der Waals surface area contributed by atoms with E-state index in [0.717, 1.165) is 10.0 Å². The first kappa shape index (κ1) is 7.17. The summed E-state index contributed by atoms with van der Waals surface area (Å²) in [6, 6.07) is 5.46. The van der Waals surface area contributed by atoms with Gasteiger partial charge in [0.2, 0.25) is 0 Å². The van der Waals surface area contributed by atoms with Gasteiger partial charge in [0.25, 0.3) is 0 Å². The molecule has 0 atom stereocenters. The van der Waals surface area contributed by atoms with E-state index in [4.69, 9.17) is 12.2 Å². The van der Waals surface area contributed by atoms with Crippen molar-refractivity contribution in [3.8, 4) is 12.3 Å². The van der Waals surface area contributed by atoms with Crippen LogP contribution < -0.4 is 5.73 Å². The van der Waals surface area contributed by atoms with Gasteiger partial charge in [-0.2, -0.15) is 0 Å². The van der Waals surface area contributed by atoms with Crippen molar-refractivity contribution in [2.45, 2.75) is 0 Å². The Morgan fingerprint density at radius 2 is 2.20 bits per heavy atom. The lowest BCUT2D eigenvalue weighted by molar-refractivity contribution is 1.59. The molecule has 0 spiro atoms. The van der Waals surface area contributed by atoms with Crippen LogP contribution in [0.25, 0.3) is 0 Å². The SMILES string of the molecule is C#Cc1ccc(Br)cc1N. The third kappa shape index (κ3) is 1.31. The van der Waals surface area contributed by atoms with Gasteiger partial charge >= 0.3 is 0 Å². The number of halogens is 1. The molecule has 0 aliphatic heterocycles. The first-order valence-corrected chi connectivity index (χ1v) is 3.55. The van der Waals surface area contributed by atoms with Gasteiger partial charge < -0.3 is 5.73 Å². The maximum Gasteiger partial charge on any atom is 0.0484 e. The van der Waals surface area contributed by atoms with E-state index >= 15 is 0 Å². The lowest BCUT2D eigenvalue weighted by atomic mass is 10.2. The summed E-state index contributed by atoms with van der Waals surface area (Å²) in [6.45, 7) is 0. The molecule has 0 radical (unpaired) electrons. The molecule has 10 heavy (non-hydrogen) atoms. The van der Waals surface area contributed by atoms with E-state index in [1.165, 1.54) is 0 Å². The standard InChI is InChI=1S/C8H6BrN/c1-2-6-3-4-7(9)5-8(6)10/h1,3-5H,10H2. The van der Waals surface area contributed by atoms with E-state index in [0.29, 0.717) is 5.69 Å². The van der Waals surface area contributed by atoms with Crippen molar-refractivity contribution < 1.29 is 0 Å². The van der Waals surface area contributed by atoms with Gasteiger partial charge in [0.1, 0.15) is 0 Å². The molecular formula is C8H6BrN. The predicted octanol–water partition coefficient (Wildman–Crippen LogP) is 2.01. The summed E-state index contributed by atoms with van der Waals surface area (Å²) in [5.41, 5.74) is 6.93. The summed E-state index contributed by atoms with van der Waals surface area (Å²) < 4.78 is 0.948. The van der Waals surface area contributed by atoms with Crippen molar-refractivity contribution in [3.63, 3.8) is 0 Å². The van der Waals surface area contributed by atoms with E-state index in [1.807, 2.05) is 6.07 Å². The highest BCUT2D eigenvalue weighted by atomic mass is 79.9. The fourth-order valence-electron chi connectivity index (χ4n) is 0.665. The maximum atomic E-state index is 5.56. The van der Waals surface area contributed by atoms with Crippen molar-refractivity contribution in [2.24, 2.45) is 0 Å². The molecule has 0 aliphatic carbocycles. The lowest BCUT2D eigenvalue weighted by Crippen LogP contribution is -1.88. The molecule has 0 amide bonds. The fourth-order valence-corrected chi connectivity index (χ4v) is 1.04. The minimum absolute atomic E-state index is 0.636. The van der Waals surface area contributed by atoms with Crippen LogP contribution in [0.15, 0.2) is 22.7 Å². The van der Waals surface area contributed by atoms with Crippen LogP contribution in [-0.2, 0) is 0 Å². The third-order valence-corrected chi connectivity index (χ3v) is 1.66. The Kier molecular flexibility index (Phi) is 1.98. The Balaban J connectivity index is 3.23. The van der Waals surface area contributed by atoms with Gasteiger partial charge in [-0.25, -0.2) is 0 Å². The number of anilines is 1. The van der Waals surface area contributed by atoms with Crippen molar-refractivity contribution in [1.29, 1.82) is 0 Å². The Bertz CT molecular complexity index is 286. The van der Waals surface area contributed by atoms with Crippen molar-refractivity contribution in [2.75, 3.05) is 5.73 Å². The second-order valence-electron chi connectivity index (χ2n) is 1.88. The highest BCUT2D eigenvalue weighted by Gasteiger charge is 1.93. The zero-order valence-corrected chi connectivity index (χ0v) is 6.85. The number of hydrogen-bond donors (Lipinski definition) is 1. The molecule has 0 aliphatic rings. The van der Waals surface area contributed by atoms with Crippen LogP contribution in [-0.4, -0.2) is 0 Å². The largest absolute Gasteiger partial charge is 0.398 e. The molecule has 1 aromatic rings. The third-order valence-electron chi connectivity index (χ3n) is 1.17. The van der Waals surface area contributed by atoms with Gasteiger partial charge in [-0.3, -0.25) is 0 Å². The number of benzene rings is 1. The van der Waals surface area contributed by atoms with Gasteiger partial charge in [-0.15, -0.1) is 6.42 Å².